The summed E-state index contributed by atoms with van der Waals surface area (Å²) in [5.74, 6) is 2.49. The lowest BCUT2D eigenvalue weighted by Gasteiger charge is -2.38. The number of hydrogen-bond donors (Lipinski definition) is 2. The van der Waals surface area contributed by atoms with Crippen molar-refractivity contribution >= 4 is 17.7 Å². The number of carbonyl (C=O) groups excluding carboxylic acids is 1. The van der Waals surface area contributed by atoms with Crippen LogP contribution in [0.5, 0.6) is 0 Å². The highest BCUT2D eigenvalue weighted by atomic mass is 32.2. The van der Waals surface area contributed by atoms with Crippen LogP contribution in [0, 0.1) is 0 Å². The van der Waals surface area contributed by atoms with Crippen LogP contribution in [0.15, 0.2) is 0 Å². The number of rotatable bonds is 5. The van der Waals surface area contributed by atoms with Crippen molar-refractivity contribution in [2.24, 2.45) is 5.73 Å². The van der Waals surface area contributed by atoms with Crippen molar-refractivity contribution in [3.05, 3.63) is 0 Å². The van der Waals surface area contributed by atoms with E-state index in [1.807, 2.05) is 11.8 Å². The first-order chi connectivity index (χ1) is 8.20. The Morgan fingerprint density at radius 1 is 1.59 bits per heavy atom. The number of nitrogens with zero attached hydrogens (tertiary/aromatic N) is 1. The van der Waals surface area contributed by atoms with Crippen molar-refractivity contribution in [3.8, 4) is 0 Å². The number of carbonyl (C=O) groups is 1. The molecule has 1 saturated heterocycles. The number of thioether (sulfide) groups is 1. The normalized spacial score (nSPS) is 27.8. The van der Waals surface area contributed by atoms with Gasteiger partial charge in [0.1, 0.15) is 0 Å². The van der Waals surface area contributed by atoms with Gasteiger partial charge in [-0.25, -0.2) is 0 Å². The summed E-state index contributed by atoms with van der Waals surface area (Å²) in [7, 11) is 0. The molecule has 2 rings (SSSR count). The minimum Gasteiger partial charge on any atom is -0.353 e. The molecule has 0 radical (unpaired) electrons. The van der Waals surface area contributed by atoms with Crippen LogP contribution in [0.25, 0.3) is 0 Å². The average Bonchev–Trinajstić information content (AvgIpc) is 3.11. The summed E-state index contributed by atoms with van der Waals surface area (Å²) in [6.07, 6.45) is 2.85. The third-order valence-electron chi connectivity index (χ3n) is 3.52. The molecule has 0 aromatic rings. The molecule has 0 aromatic carbocycles. The van der Waals surface area contributed by atoms with Gasteiger partial charge in [0.05, 0.1) is 0 Å². The Labute approximate surface area is 108 Å². The smallest absolute Gasteiger partial charge is 0.221 e. The summed E-state index contributed by atoms with van der Waals surface area (Å²) in [4.78, 5) is 14.2. The van der Waals surface area contributed by atoms with Gasteiger partial charge in [-0.1, -0.05) is 0 Å². The van der Waals surface area contributed by atoms with E-state index in [4.69, 9.17) is 5.73 Å². The van der Waals surface area contributed by atoms with E-state index in [-0.39, 0.29) is 11.9 Å². The molecule has 0 spiro atoms. The first-order valence-corrected chi connectivity index (χ1v) is 7.69. The second-order valence-corrected chi connectivity index (χ2v) is 6.25. The summed E-state index contributed by atoms with van der Waals surface area (Å²) < 4.78 is 0. The van der Waals surface area contributed by atoms with Crippen LogP contribution in [0.4, 0.5) is 0 Å². The van der Waals surface area contributed by atoms with E-state index in [0.29, 0.717) is 25.0 Å². The SMILES string of the molecule is CC1CSCCN1C(CN)CC(=O)NC1CC1. The molecule has 2 aliphatic rings. The Bertz CT molecular complexity index is 270. The highest BCUT2D eigenvalue weighted by Gasteiger charge is 2.29. The van der Waals surface area contributed by atoms with Gasteiger partial charge >= 0.3 is 0 Å². The lowest BCUT2D eigenvalue weighted by molar-refractivity contribution is -0.122. The molecule has 0 bridgehead atoms. The van der Waals surface area contributed by atoms with Gasteiger partial charge in [0, 0.05) is 49.1 Å². The Hall–Kier alpha value is -0.260. The molecule has 98 valence electrons. The molecule has 3 N–H and O–H groups in total. The monoisotopic (exact) mass is 257 g/mol. The third kappa shape index (κ3) is 3.86. The molecule has 2 atom stereocenters. The molecular formula is C12H23N3OS. The third-order valence-corrected chi connectivity index (χ3v) is 4.71. The van der Waals surface area contributed by atoms with Crippen LogP contribution in [0.3, 0.4) is 0 Å². The van der Waals surface area contributed by atoms with Crippen LogP contribution in [0.1, 0.15) is 26.2 Å². The summed E-state index contributed by atoms with van der Waals surface area (Å²) in [5, 5.41) is 3.05. The van der Waals surface area contributed by atoms with Gasteiger partial charge in [-0.05, 0) is 19.8 Å². The predicted molar refractivity (Wildman–Crippen MR) is 72.1 cm³/mol. The van der Waals surface area contributed by atoms with Crippen molar-refractivity contribution in [1.29, 1.82) is 0 Å². The van der Waals surface area contributed by atoms with E-state index >= 15 is 0 Å². The highest BCUT2D eigenvalue weighted by molar-refractivity contribution is 7.99. The minimum atomic E-state index is 0.174. The molecule has 1 saturated carbocycles. The van der Waals surface area contributed by atoms with E-state index in [9.17, 15) is 4.79 Å². The fraction of sp³-hybridized carbons (Fsp3) is 0.917. The molecule has 1 heterocycles. The van der Waals surface area contributed by atoms with Crippen LogP contribution < -0.4 is 11.1 Å². The zero-order valence-corrected chi connectivity index (χ0v) is 11.3. The molecule has 5 heteroatoms. The molecule has 1 aliphatic heterocycles. The second-order valence-electron chi connectivity index (χ2n) is 5.10. The topological polar surface area (TPSA) is 58.4 Å². The fourth-order valence-corrected chi connectivity index (χ4v) is 3.39. The summed E-state index contributed by atoms with van der Waals surface area (Å²) in [6, 6.07) is 1.20. The zero-order valence-electron chi connectivity index (χ0n) is 10.5. The number of hydrogen-bond acceptors (Lipinski definition) is 4. The second kappa shape index (κ2) is 6.07. The summed E-state index contributed by atoms with van der Waals surface area (Å²) >= 11 is 1.99. The van der Waals surface area contributed by atoms with Crippen LogP contribution in [-0.4, -0.2) is 53.5 Å². The highest BCUT2D eigenvalue weighted by Crippen LogP contribution is 2.21. The van der Waals surface area contributed by atoms with Gasteiger partial charge in [0.2, 0.25) is 5.91 Å². The van der Waals surface area contributed by atoms with Crippen LogP contribution in [0.2, 0.25) is 0 Å². The Kier molecular flexibility index (Phi) is 4.70. The van der Waals surface area contributed by atoms with Crippen molar-refractivity contribution in [1.82, 2.24) is 10.2 Å². The standard InChI is InChI=1S/C12H23N3OS/c1-9-8-17-5-4-15(9)11(7-13)6-12(16)14-10-2-3-10/h9-11H,2-8,13H2,1H3,(H,14,16). The van der Waals surface area contributed by atoms with Crippen molar-refractivity contribution in [2.75, 3.05) is 24.6 Å². The molecule has 0 aromatic heterocycles. The van der Waals surface area contributed by atoms with Gasteiger partial charge in [0.25, 0.3) is 0 Å². The molecule has 4 nitrogen and oxygen atoms in total. The van der Waals surface area contributed by atoms with E-state index < -0.39 is 0 Å². The first kappa shape index (κ1) is 13.2. The lowest BCUT2D eigenvalue weighted by Crippen LogP contribution is -2.51. The molecular weight excluding hydrogens is 234 g/mol. The van der Waals surface area contributed by atoms with E-state index in [1.165, 1.54) is 0 Å². The van der Waals surface area contributed by atoms with Crippen molar-refractivity contribution < 1.29 is 4.79 Å². The molecule has 17 heavy (non-hydrogen) atoms. The van der Waals surface area contributed by atoms with Gasteiger partial charge in [-0.15, -0.1) is 0 Å². The number of amides is 1. The lowest BCUT2D eigenvalue weighted by atomic mass is 10.1. The summed E-state index contributed by atoms with van der Waals surface area (Å²) in [5.41, 5.74) is 5.83. The van der Waals surface area contributed by atoms with Crippen LogP contribution in [-0.2, 0) is 4.79 Å². The van der Waals surface area contributed by atoms with E-state index in [2.05, 4.69) is 17.1 Å². The Morgan fingerprint density at radius 2 is 2.35 bits per heavy atom. The van der Waals surface area contributed by atoms with Crippen molar-refractivity contribution in [2.45, 2.75) is 44.3 Å². The Balaban J connectivity index is 1.83. The van der Waals surface area contributed by atoms with E-state index in [1.54, 1.807) is 0 Å². The largest absolute Gasteiger partial charge is 0.353 e. The molecule has 1 amide bonds. The quantitative estimate of drug-likeness (QED) is 0.749. The number of nitrogens with one attached hydrogen (secondary N) is 1. The van der Waals surface area contributed by atoms with Gasteiger partial charge in [0.15, 0.2) is 0 Å². The van der Waals surface area contributed by atoms with Gasteiger partial charge in [-0.2, -0.15) is 11.8 Å². The maximum absolute atomic E-state index is 11.8. The molecule has 2 unspecified atom stereocenters. The predicted octanol–water partition coefficient (Wildman–Crippen LogP) is 0.420. The van der Waals surface area contributed by atoms with Crippen LogP contribution >= 0.6 is 11.8 Å². The van der Waals surface area contributed by atoms with Gasteiger partial charge < -0.3 is 11.1 Å². The minimum absolute atomic E-state index is 0.174. The number of nitrogens with two attached hydrogens (primary N) is 1. The molecule has 2 fully saturated rings. The average molecular weight is 257 g/mol. The first-order valence-electron chi connectivity index (χ1n) is 6.53. The van der Waals surface area contributed by atoms with Gasteiger partial charge in [-0.3, -0.25) is 9.69 Å². The van der Waals surface area contributed by atoms with E-state index in [0.717, 1.165) is 30.9 Å². The Morgan fingerprint density at radius 3 is 2.94 bits per heavy atom. The molecule has 1 aliphatic carbocycles. The zero-order chi connectivity index (χ0) is 12.3. The maximum atomic E-state index is 11.8. The summed E-state index contributed by atoms with van der Waals surface area (Å²) in [6.45, 7) is 3.87. The fourth-order valence-electron chi connectivity index (χ4n) is 2.35. The van der Waals surface area contributed by atoms with Crippen molar-refractivity contribution in [3.63, 3.8) is 0 Å². The maximum Gasteiger partial charge on any atom is 0.221 e.